The van der Waals surface area contributed by atoms with E-state index in [4.69, 9.17) is 11.6 Å². The number of sulfonamides is 1. The van der Waals surface area contributed by atoms with Crippen molar-refractivity contribution in [3.8, 4) is 0 Å². The van der Waals surface area contributed by atoms with E-state index in [0.29, 0.717) is 11.4 Å². The minimum atomic E-state index is -4.22. The molecule has 1 fully saturated rings. The highest BCUT2D eigenvalue weighted by atomic mass is 35.5. The highest BCUT2D eigenvalue weighted by molar-refractivity contribution is 7.90. The molecule has 2 atom stereocenters. The maximum absolute atomic E-state index is 13.7. The number of nitrogens with zero attached hydrogens (tertiary/aromatic N) is 3. The first-order valence-electron chi connectivity index (χ1n) is 13.8. The van der Waals surface area contributed by atoms with Crippen molar-refractivity contribution in [2.75, 3.05) is 13.1 Å². The van der Waals surface area contributed by atoms with Crippen molar-refractivity contribution in [2.24, 2.45) is 18.4 Å². The second-order valence-electron chi connectivity index (χ2n) is 11.8. The highest BCUT2D eigenvalue weighted by Gasteiger charge is 2.50. The second kappa shape index (κ2) is 12.1. The first kappa shape index (κ1) is 32.2. The van der Waals surface area contributed by atoms with Crippen LogP contribution in [0.15, 0.2) is 66.1 Å². The smallest absolute Gasteiger partial charge is 0.283 e. The number of aromatic nitrogens is 2. The van der Waals surface area contributed by atoms with Gasteiger partial charge in [0.15, 0.2) is 5.03 Å². The molecule has 1 aromatic heterocycles. The van der Waals surface area contributed by atoms with Gasteiger partial charge >= 0.3 is 0 Å². The SMILES string of the molecule is CC(C)[C@@H](NC(=O)c1cccc(C(=O)NS(=O)(=O)c2cn(C)cn2)c1)C(=O)N1CC[C@](O)(c2ccc(Cl)cc2)C(C)(C)C1. The fourth-order valence-electron chi connectivity index (χ4n) is 5.27. The Morgan fingerprint density at radius 3 is 2.23 bits per heavy atom. The summed E-state index contributed by atoms with van der Waals surface area (Å²) in [6.45, 7) is 7.96. The Kier molecular flexibility index (Phi) is 9.05. The van der Waals surface area contributed by atoms with Crippen LogP contribution in [0.3, 0.4) is 0 Å². The third-order valence-corrected chi connectivity index (χ3v) is 9.34. The molecule has 230 valence electrons. The average molecular weight is 630 g/mol. The Morgan fingerprint density at radius 1 is 1.05 bits per heavy atom. The maximum Gasteiger partial charge on any atom is 0.283 e. The molecule has 3 N–H and O–H groups in total. The zero-order chi connectivity index (χ0) is 31.7. The first-order valence-corrected chi connectivity index (χ1v) is 15.6. The predicted octanol–water partition coefficient (Wildman–Crippen LogP) is 3.09. The van der Waals surface area contributed by atoms with Crippen LogP contribution in [0.1, 0.15) is 60.4 Å². The predicted molar refractivity (Wildman–Crippen MR) is 161 cm³/mol. The number of amides is 3. The number of likely N-dealkylation sites (tertiary alicyclic amines) is 1. The van der Waals surface area contributed by atoms with E-state index in [9.17, 15) is 27.9 Å². The van der Waals surface area contributed by atoms with Gasteiger partial charge in [-0.3, -0.25) is 14.4 Å². The van der Waals surface area contributed by atoms with Crippen molar-refractivity contribution in [1.82, 2.24) is 24.5 Å². The summed E-state index contributed by atoms with van der Waals surface area (Å²) < 4.78 is 28.4. The number of rotatable bonds is 8. The van der Waals surface area contributed by atoms with Gasteiger partial charge in [-0.05, 0) is 48.2 Å². The minimum absolute atomic E-state index is 0.0566. The molecule has 13 heteroatoms. The Hall–Kier alpha value is -3.74. The van der Waals surface area contributed by atoms with Crippen LogP contribution in [0.5, 0.6) is 0 Å². The lowest BCUT2D eigenvalue weighted by atomic mass is 9.66. The van der Waals surface area contributed by atoms with Crippen molar-refractivity contribution in [3.05, 3.63) is 82.8 Å². The van der Waals surface area contributed by atoms with E-state index in [0.717, 1.165) is 5.56 Å². The second-order valence-corrected chi connectivity index (χ2v) is 13.9. The molecule has 0 bridgehead atoms. The Balaban J connectivity index is 1.47. The van der Waals surface area contributed by atoms with E-state index in [1.807, 2.05) is 32.4 Å². The molecule has 0 unspecified atom stereocenters. The number of piperidine rings is 1. The van der Waals surface area contributed by atoms with Crippen LogP contribution in [-0.4, -0.2) is 64.8 Å². The summed E-state index contributed by atoms with van der Waals surface area (Å²) in [6, 6.07) is 11.7. The van der Waals surface area contributed by atoms with Gasteiger partial charge in [-0.1, -0.05) is 57.5 Å². The molecule has 2 heterocycles. The van der Waals surface area contributed by atoms with E-state index >= 15 is 0 Å². The van der Waals surface area contributed by atoms with Gasteiger partial charge in [-0.25, -0.2) is 9.71 Å². The van der Waals surface area contributed by atoms with Gasteiger partial charge in [0.25, 0.3) is 21.8 Å². The number of aryl methyl sites for hydroxylation is 1. The van der Waals surface area contributed by atoms with Gasteiger partial charge in [-0.2, -0.15) is 8.42 Å². The van der Waals surface area contributed by atoms with Gasteiger partial charge in [0.05, 0.1) is 11.9 Å². The molecule has 43 heavy (non-hydrogen) atoms. The third kappa shape index (κ3) is 6.76. The van der Waals surface area contributed by atoms with Crippen molar-refractivity contribution in [3.63, 3.8) is 0 Å². The monoisotopic (exact) mass is 629 g/mol. The molecule has 11 nitrogen and oxygen atoms in total. The van der Waals surface area contributed by atoms with Crippen LogP contribution >= 0.6 is 11.6 Å². The van der Waals surface area contributed by atoms with Gasteiger partial charge in [0.1, 0.15) is 6.04 Å². The van der Waals surface area contributed by atoms with Gasteiger partial charge in [0, 0.05) is 47.9 Å². The minimum Gasteiger partial charge on any atom is -0.384 e. The van der Waals surface area contributed by atoms with Crippen LogP contribution in [0.25, 0.3) is 0 Å². The largest absolute Gasteiger partial charge is 0.384 e. The molecular formula is C30H36ClN5O6S. The number of halogens is 1. The fraction of sp³-hybridized carbons (Fsp3) is 0.400. The van der Waals surface area contributed by atoms with Crippen LogP contribution < -0.4 is 10.0 Å². The van der Waals surface area contributed by atoms with Gasteiger partial charge in [-0.15, -0.1) is 0 Å². The fourth-order valence-corrected chi connectivity index (χ4v) is 6.35. The molecule has 0 radical (unpaired) electrons. The molecule has 2 aromatic carbocycles. The Labute approximate surface area is 256 Å². The first-order chi connectivity index (χ1) is 20.0. The van der Waals surface area contributed by atoms with Crippen molar-refractivity contribution in [1.29, 1.82) is 0 Å². The van der Waals surface area contributed by atoms with Crippen LogP contribution in [0.4, 0.5) is 0 Å². The number of benzene rings is 2. The summed E-state index contributed by atoms with van der Waals surface area (Å²) in [6.07, 6.45) is 2.84. The van der Waals surface area contributed by atoms with Crippen molar-refractivity contribution < 1.29 is 27.9 Å². The Morgan fingerprint density at radius 2 is 1.67 bits per heavy atom. The number of hydrogen-bond donors (Lipinski definition) is 3. The van der Waals surface area contributed by atoms with Crippen LogP contribution in [-0.2, 0) is 27.5 Å². The van der Waals surface area contributed by atoms with Gasteiger partial charge in [0.2, 0.25) is 5.91 Å². The summed E-state index contributed by atoms with van der Waals surface area (Å²) >= 11 is 6.04. The maximum atomic E-state index is 13.7. The highest BCUT2D eigenvalue weighted by Crippen LogP contribution is 2.46. The molecule has 1 saturated heterocycles. The topological polar surface area (TPSA) is 151 Å². The molecule has 4 rings (SSSR count). The van der Waals surface area contributed by atoms with Crippen molar-refractivity contribution in [2.45, 2.75) is 50.8 Å². The summed E-state index contributed by atoms with van der Waals surface area (Å²) in [7, 11) is -2.62. The molecule has 0 aliphatic carbocycles. The number of carbonyl (C=O) groups excluding carboxylic acids is 3. The zero-order valence-corrected chi connectivity index (χ0v) is 26.2. The molecular weight excluding hydrogens is 594 g/mol. The number of hydrogen-bond acceptors (Lipinski definition) is 7. The van der Waals surface area contributed by atoms with Crippen LogP contribution in [0, 0.1) is 11.3 Å². The molecule has 0 saturated carbocycles. The van der Waals surface area contributed by atoms with E-state index < -0.39 is 38.9 Å². The lowest BCUT2D eigenvalue weighted by Gasteiger charge is -2.51. The molecule has 1 aliphatic rings. The Bertz CT molecular complexity index is 1640. The molecule has 1 aliphatic heterocycles. The van der Waals surface area contributed by atoms with Gasteiger partial charge < -0.3 is 19.9 Å². The summed E-state index contributed by atoms with van der Waals surface area (Å²) in [5.41, 5.74) is -1.15. The number of aliphatic hydroxyl groups is 1. The van der Waals surface area contributed by atoms with E-state index in [-0.39, 0.29) is 41.1 Å². The van der Waals surface area contributed by atoms with E-state index in [1.165, 1.54) is 41.4 Å². The summed E-state index contributed by atoms with van der Waals surface area (Å²) in [4.78, 5) is 45.2. The molecule has 3 amide bonds. The number of nitrogens with one attached hydrogen (secondary N) is 2. The molecule has 3 aromatic rings. The van der Waals surface area contributed by atoms with Crippen molar-refractivity contribution >= 4 is 39.3 Å². The molecule has 0 spiro atoms. The lowest BCUT2D eigenvalue weighted by molar-refractivity contribution is -0.155. The number of imidazole rings is 1. The third-order valence-electron chi connectivity index (χ3n) is 7.87. The average Bonchev–Trinajstić information content (AvgIpc) is 3.40. The van der Waals surface area contributed by atoms with Crippen LogP contribution in [0.2, 0.25) is 5.02 Å². The summed E-state index contributed by atoms with van der Waals surface area (Å²) in [5, 5.41) is 14.7. The summed E-state index contributed by atoms with van der Waals surface area (Å²) in [5.74, 6) is -2.08. The standard InChI is InChI=1S/C30H36ClN5O6S/c1-19(2)25(28(39)36-14-13-30(40,29(3,4)17-36)22-9-11-23(31)12-10-22)33-26(37)20-7-6-8-21(15-20)27(38)34-43(41,42)24-16-35(5)18-32-24/h6-12,15-16,18-19,25,40H,13-14,17H2,1-5H3,(H,33,37)(H,34,38)/t25-,30+/m1/s1. The lowest BCUT2D eigenvalue weighted by Crippen LogP contribution is -2.60. The van der Waals surface area contributed by atoms with E-state index in [2.05, 4.69) is 10.3 Å². The zero-order valence-electron chi connectivity index (χ0n) is 24.7. The van der Waals surface area contributed by atoms with E-state index in [1.54, 1.807) is 36.2 Å². The quantitative estimate of drug-likeness (QED) is 0.346. The normalized spacial score (nSPS) is 19.1. The number of carbonyl (C=O) groups is 3.